The van der Waals surface area contributed by atoms with Crippen molar-refractivity contribution < 1.29 is 13.6 Å². The Hall–Kier alpha value is -2.25. The molecule has 1 amide bonds. The molecule has 0 bridgehead atoms. The highest BCUT2D eigenvalue weighted by Gasteiger charge is 2.14. The lowest BCUT2D eigenvalue weighted by Crippen LogP contribution is -2.43. The first-order chi connectivity index (χ1) is 11.6. The maximum atomic E-state index is 13.6. The molecule has 25 heavy (non-hydrogen) atoms. The van der Waals surface area contributed by atoms with E-state index in [9.17, 15) is 13.6 Å². The van der Waals surface area contributed by atoms with Gasteiger partial charge in [0.15, 0.2) is 0 Å². The van der Waals surface area contributed by atoms with Gasteiger partial charge in [-0.15, -0.1) is 12.4 Å². The number of amides is 1. The summed E-state index contributed by atoms with van der Waals surface area (Å²) >= 11 is 0. The van der Waals surface area contributed by atoms with Crippen LogP contribution >= 0.6 is 12.4 Å². The molecule has 1 saturated heterocycles. The molecule has 8 heteroatoms. The third-order valence-electron chi connectivity index (χ3n) is 3.90. The van der Waals surface area contributed by atoms with Gasteiger partial charge >= 0.3 is 0 Å². The number of benzene rings is 1. The molecule has 2 N–H and O–H groups in total. The van der Waals surface area contributed by atoms with Gasteiger partial charge in [-0.1, -0.05) is 6.07 Å². The van der Waals surface area contributed by atoms with Crippen molar-refractivity contribution in [2.75, 3.05) is 36.4 Å². The molecule has 0 aliphatic carbocycles. The Morgan fingerprint density at radius 3 is 2.44 bits per heavy atom. The number of nitrogens with zero attached hydrogens (tertiary/aromatic N) is 2. The summed E-state index contributed by atoms with van der Waals surface area (Å²) < 4.78 is 27.1. The molecule has 134 valence electrons. The lowest BCUT2D eigenvalue weighted by molar-refractivity contribution is -0.115. The van der Waals surface area contributed by atoms with Crippen molar-refractivity contribution in [1.82, 2.24) is 10.3 Å². The SMILES string of the molecule is Cl.O=C(Cc1c(F)cccc1F)Nc1ccc(N2CCNCC2)cn1. The normalized spacial score (nSPS) is 13.9. The molecule has 2 heterocycles. The first-order valence-electron chi connectivity index (χ1n) is 7.78. The zero-order valence-corrected chi connectivity index (χ0v) is 14.3. The maximum absolute atomic E-state index is 13.6. The maximum Gasteiger partial charge on any atom is 0.230 e. The number of halogens is 3. The number of rotatable bonds is 4. The molecule has 1 fully saturated rings. The van der Waals surface area contributed by atoms with Gasteiger partial charge in [0.1, 0.15) is 17.5 Å². The van der Waals surface area contributed by atoms with E-state index in [1.807, 2.05) is 6.07 Å². The van der Waals surface area contributed by atoms with Crippen molar-refractivity contribution in [3.05, 3.63) is 53.7 Å². The number of anilines is 2. The molecule has 5 nitrogen and oxygen atoms in total. The molecule has 0 radical (unpaired) electrons. The van der Waals surface area contributed by atoms with Gasteiger partial charge < -0.3 is 15.5 Å². The summed E-state index contributed by atoms with van der Waals surface area (Å²) in [5, 5.41) is 5.83. The molecule has 1 aliphatic heterocycles. The van der Waals surface area contributed by atoms with Crippen LogP contribution in [-0.2, 0) is 11.2 Å². The molecule has 3 rings (SSSR count). The van der Waals surface area contributed by atoms with Crippen molar-refractivity contribution in [3.63, 3.8) is 0 Å². The van der Waals surface area contributed by atoms with E-state index in [-0.39, 0.29) is 24.4 Å². The third kappa shape index (κ3) is 4.87. The Bertz CT molecular complexity index is 701. The number of piperazine rings is 1. The summed E-state index contributed by atoms with van der Waals surface area (Å²) in [5.74, 6) is -1.61. The topological polar surface area (TPSA) is 57.3 Å². The standard InChI is InChI=1S/C17H18F2N4O.ClH/c18-14-2-1-3-15(19)13(14)10-17(24)22-16-5-4-12(11-21-16)23-8-6-20-7-9-23;/h1-5,11,20H,6-10H2,(H,21,22,24);1H. The summed E-state index contributed by atoms with van der Waals surface area (Å²) in [6.07, 6.45) is 1.31. The van der Waals surface area contributed by atoms with Crippen LogP contribution in [0.5, 0.6) is 0 Å². The highest BCUT2D eigenvalue weighted by molar-refractivity contribution is 5.91. The average molecular weight is 369 g/mol. The Kier molecular flexibility index (Phi) is 6.66. The molecule has 0 saturated carbocycles. The van der Waals surface area contributed by atoms with Crippen LogP contribution in [0.15, 0.2) is 36.5 Å². The van der Waals surface area contributed by atoms with Crippen molar-refractivity contribution in [2.24, 2.45) is 0 Å². The van der Waals surface area contributed by atoms with Gasteiger partial charge in [0.25, 0.3) is 0 Å². The highest BCUT2D eigenvalue weighted by Crippen LogP contribution is 2.17. The molecular formula is C17H19ClF2N4O. The molecule has 1 aromatic heterocycles. The van der Waals surface area contributed by atoms with Crippen LogP contribution in [0, 0.1) is 11.6 Å². The predicted molar refractivity (Wildman–Crippen MR) is 95.3 cm³/mol. The lowest BCUT2D eigenvalue weighted by Gasteiger charge is -2.29. The number of carbonyl (C=O) groups is 1. The predicted octanol–water partition coefficient (Wildman–Crippen LogP) is 2.37. The number of pyridine rings is 1. The van der Waals surface area contributed by atoms with E-state index < -0.39 is 17.5 Å². The van der Waals surface area contributed by atoms with Crippen molar-refractivity contribution in [2.45, 2.75) is 6.42 Å². The highest BCUT2D eigenvalue weighted by atomic mass is 35.5. The van der Waals surface area contributed by atoms with E-state index in [0.717, 1.165) is 44.0 Å². The van der Waals surface area contributed by atoms with Gasteiger partial charge in [-0.2, -0.15) is 0 Å². The fourth-order valence-corrected chi connectivity index (χ4v) is 2.62. The molecule has 0 unspecified atom stereocenters. The van der Waals surface area contributed by atoms with Gasteiger partial charge in [0, 0.05) is 31.7 Å². The van der Waals surface area contributed by atoms with Crippen LogP contribution < -0.4 is 15.5 Å². The number of aromatic nitrogens is 1. The molecule has 0 atom stereocenters. The van der Waals surface area contributed by atoms with Crippen LogP contribution in [0.1, 0.15) is 5.56 Å². The van der Waals surface area contributed by atoms with Crippen LogP contribution in [0.25, 0.3) is 0 Å². The van der Waals surface area contributed by atoms with E-state index >= 15 is 0 Å². The quantitative estimate of drug-likeness (QED) is 0.870. The molecule has 2 aromatic rings. The Balaban J connectivity index is 0.00000225. The zero-order chi connectivity index (χ0) is 16.9. The fraction of sp³-hybridized carbons (Fsp3) is 0.294. The largest absolute Gasteiger partial charge is 0.368 e. The van der Waals surface area contributed by atoms with Gasteiger partial charge in [-0.3, -0.25) is 4.79 Å². The fourth-order valence-electron chi connectivity index (χ4n) is 2.62. The Morgan fingerprint density at radius 1 is 1.16 bits per heavy atom. The third-order valence-corrected chi connectivity index (χ3v) is 3.90. The van der Waals surface area contributed by atoms with Gasteiger partial charge in [0.2, 0.25) is 5.91 Å². The lowest BCUT2D eigenvalue weighted by atomic mass is 10.1. The van der Waals surface area contributed by atoms with E-state index in [1.54, 1.807) is 12.3 Å². The van der Waals surface area contributed by atoms with Crippen LogP contribution in [0.2, 0.25) is 0 Å². The minimum absolute atomic E-state index is 0. The summed E-state index contributed by atoms with van der Waals surface area (Å²) in [4.78, 5) is 18.4. The number of hydrogen-bond acceptors (Lipinski definition) is 4. The zero-order valence-electron chi connectivity index (χ0n) is 13.5. The summed E-state index contributed by atoms with van der Waals surface area (Å²) in [7, 11) is 0. The van der Waals surface area contributed by atoms with E-state index in [4.69, 9.17) is 0 Å². The summed E-state index contributed by atoms with van der Waals surface area (Å²) in [6, 6.07) is 7.09. The van der Waals surface area contributed by atoms with Crippen LogP contribution in [-0.4, -0.2) is 37.1 Å². The molecular weight excluding hydrogens is 350 g/mol. The minimum Gasteiger partial charge on any atom is -0.368 e. The smallest absolute Gasteiger partial charge is 0.230 e. The first-order valence-corrected chi connectivity index (χ1v) is 7.78. The Morgan fingerprint density at radius 2 is 1.84 bits per heavy atom. The van der Waals surface area contributed by atoms with Crippen LogP contribution in [0.3, 0.4) is 0 Å². The van der Waals surface area contributed by atoms with E-state index in [2.05, 4.69) is 20.5 Å². The molecule has 0 spiro atoms. The average Bonchev–Trinajstić information content (AvgIpc) is 2.60. The Labute approximate surface area is 150 Å². The van der Waals surface area contributed by atoms with Crippen molar-refractivity contribution >= 4 is 29.8 Å². The van der Waals surface area contributed by atoms with Crippen molar-refractivity contribution in [1.29, 1.82) is 0 Å². The van der Waals surface area contributed by atoms with Gasteiger partial charge in [-0.05, 0) is 24.3 Å². The van der Waals surface area contributed by atoms with E-state index in [1.165, 1.54) is 6.07 Å². The minimum atomic E-state index is -0.729. The molecule has 1 aromatic carbocycles. The summed E-state index contributed by atoms with van der Waals surface area (Å²) in [5.41, 5.74) is 0.738. The van der Waals surface area contributed by atoms with Gasteiger partial charge in [0.05, 0.1) is 18.3 Å². The van der Waals surface area contributed by atoms with Gasteiger partial charge in [-0.25, -0.2) is 13.8 Å². The molecule has 1 aliphatic rings. The number of nitrogens with one attached hydrogen (secondary N) is 2. The second kappa shape index (κ2) is 8.73. The second-order valence-electron chi connectivity index (χ2n) is 5.56. The van der Waals surface area contributed by atoms with Crippen molar-refractivity contribution in [3.8, 4) is 0 Å². The summed E-state index contributed by atoms with van der Waals surface area (Å²) in [6.45, 7) is 3.65. The second-order valence-corrected chi connectivity index (χ2v) is 5.56. The first kappa shape index (κ1) is 19.1. The monoisotopic (exact) mass is 368 g/mol. The van der Waals surface area contributed by atoms with Crippen LogP contribution in [0.4, 0.5) is 20.3 Å². The number of hydrogen-bond donors (Lipinski definition) is 2. The van der Waals surface area contributed by atoms with E-state index in [0.29, 0.717) is 5.82 Å². The number of carbonyl (C=O) groups excluding carboxylic acids is 1.